The third kappa shape index (κ3) is 8.76. The normalized spacial score (nSPS) is 29.6. The molecule has 13 heteroatoms. The average molecular weight is 798 g/mol. The van der Waals surface area contributed by atoms with Gasteiger partial charge in [-0.1, -0.05) is 64.0 Å². The molecule has 310 valence electrons. The summed E-state index contributed by atoms with van der Waals surface area (Å²) in [7, 11) is 1.51. The van der Waals surface area contributed by atoms with Crippen LogP contribution in [0, 0.1) is 42.4 Å². The predicted octanol–water partition coefficient (Wildman–Crippen LogP) is 4.31. The molecule has 5 N–H and O–H groups in total. The Labute approximate surface area is 338 Å². The average Bonchev–Trinajstić information content (AvgIpc) is 3.49. The zero-order chi connectivity index (χ0) is 42.6. The molecule has 0 fully saturated rings. The number of hydrogen-bond donors (Lipinski definition) is 5. The second-order valence-corrected chi connectivity index (χ2v) is 15.2. The highest BCUT2D eigenvalue weighted by atomic mass is 16.5. The van der Waals surface area contributed by atoms with Crippen LogP contribution in [0.4, 0.5) is 5.69 Å². The largest absolute Gasteiger partial charge is 0.505 e. The van der Waals surface area contributed by atoms with E-state index in [0.717, 1.165) is 5.56 Å². The Morgan fingerprint density at radius 3 is 2.43 bits per heavy atom. The van der Waals surface area contributed by atoms with E-state index in [1.54, 1.807) is 75.6 Å². The number of nitrogens with one attached hydrogen (secondary N) is 1. The van der Waals surface area contributed by atoms with Gasteiger partial charge >= 0.3 is 5.97 Å². The lowest BCUT2D eigenvalue weighted by Crippen LogP contribution is -2.47. The number of aromatic nitrogens is 2. The summed E-state index contributed by atoms with van der Waals surface area (Å²) in [5.41, 5.74) is 2.05. The molecule has 58 heavy (non-hydrogen) atoms. The number of nitrogens with zero attached hydrogens (tertiary/aromatic N) is 2. The molecule has 9 atom stereocenters. The molecular weight excluding hydrogens is 743 g/mol. The molecule has 0 spiro atoms. The number of carbonyl (C=O) groups excluding carboxylic acids is 3. The second kappa shape index (κ2) is 18.6. The lowest BCUT2D eigenvalue weighted by molar-refractivity contribution is -0.161. The number of aliphatic hydroxyl groups excluding tert-OH is 3. The zero-order valence-electron chi connectivity index (χ0n) is 34.6. The van der Waals surface area contributed by atoms with Crippen LogP contribution in [-0.4, -0.2) is 91.7 Å². The number of aryl methyl sites for hydroxylation is 1. The van der Waals surface area contributed by atoms with E-state index >= 15 is 0 Å². The summed E-state index contributed by atoms with van der Waals surface area (Å²) < 4.78 is 19.5. The number of hydrogen-bond acceptors (Lipinski definition) is 11. The van der Waals surface area contributed by atoms with Crippen molar-refractivity contribution >= 4 is 51.4 Å². The molecule has 3 heterocycles. The smallest absolute Gasteiger partial charge is 0.302 e. The van der Waals surface area contributed by atoms with Gasteiger partial charge in [0.15, 0.2) is 17.3 Å². The molecule has 2 aromatic heterocycles. The summed E-state index contributed by atoms with van der Waals surface area (Å²) in [4.78, 5) is 45.8. The van der Waals surface area contributed by atoms with Crippen molar-refractivity contribution in [2.45, 2.75) is 98.8 Å². The third-order valence-electron chi connectivity index (χ3n) is 11.3. The minimum absolute atomic E-state index is 0.0492. The molecular formula is C45H55N3O10. The summed E-state index contributed by atoms with van der Waals surface area (Å²) in [5.74, 6) is 0.630. The predicted molar refractivity (Wildman–Crippen MR) is 221 cm³/mol. The number of phenolic OH excluding ortho intramolecular Hbond substituents is 1. The van der Waals surface area contributed by atoms with Gasteiger partial charge in [0, 0.05) is 73.3 Å². The third-order valence-corrected chi connectivity index (χ3v) is 11.3. The number of carbonyl (C=O) groups is 3. The van der Waals surface area contributed by atoms with Crippen LogP contribution in [0.3, 0.4) is 0 Å². The lowest BCUT2D eigenvalue weighted by atomic mass is 9.77. The number of fused-ring (bicyclic) bond motifs is 1. The number of benzene rings is 1. The van der Waals surface area contributed by atoms with Crippen LogP contribution in [0.5, 0.6) is 5.75 Å². The van der Waals surface area contributed by atoms with Crippen LogP contribution >= 0.6 is 0 Å². The van der Waals surface area contributed by atoms with E-state index < -0.39 is 83.4 Å². The Kier molecular flexibility index (Phi) is 14.0. The van der Waals surface area contributed by atoms with Crippen LogP contribution in [0.25, 0.3) is 28.0 Å². The van der Waals surface area contributed by atoms with Crippen LogP contribution in [0.15, 0.2) is 54.3 Å². The monoisotopic (exact) mass is 797 g/mol. The maximum Gasteiger partial charge on any atom is 0.302 e. The van der Waals surface area contributed by atoms with Crippen LogP contribution < -0.4 is 15.8 Å². The SMILES string of the molecule is CCOC1C#CC(O)=c2c(O)c3c4c(nc5cc(C)ccn54)c2=C1C(=O)C/C=C/[C@H](OC)[C@@H](CC)C(OC(C)=O)[C@H](C)[C@H](O)[C@H](C)[C@@H](O)[C@@H](C)/C=C/C=C(/C)C(=O)N3. The number of allylic oxidation sites excluding steroid dienone is 3. The van der Waals surface area contributed by atoms with Crippen molar-refractivity contribution < 1.29 is 49.0 Å². The zero-order valence-corrected chi connectivity index (χ0v) is 34.6. The molecule has 1 aromatic carbocycles. The molecule has 1 aliphatic heterocycles. The van der Waals surface area contributed by atoms with Crippen molar-refractivity contribution in [3.8, 4) is 17.6 Å². The Morgan fingerprint density at radius 2 is 1.78 bits per heavy atom. The minimum atomic E-state index is -1.13. The topological polar surface area (TPSA) is 189 Å². The number of phenols is 1. The number of rotatable bonds is 5. The first-order chi connectivity index (χ1) is 27.6. The maximum absolute atomic E-state index is 14.6. The molecule has 0 saturated heterocycles. The molecule has 2 aliphatic rings. The van der Waals surface area contributed by atoms with Crippen molar-refractivity contribution in [1.29, 1.82) is 0 Å². The number of anilines is 1. The van der Waals surface area contributed by atoms with E-state index in [9.17, 15) is 34.8 Å². The lowest BCUT2D eigenvalue weighted by Gasteiger charge is -2.39. The molecule has 0 saturated carbocycles. The highest BCUT2D eigenvalue weighted by molar-refractivity contribution is 6.20. The Bertz CT molecular complexity index is 2360. The molecule has 2 unspecified atom stereocenters. The summed E-state index contributed by atoms with van der Waals surface area (Å²) in [5, 5.41) is 49.3. The van der Waals surface area contributed by atoms with E-state index in [4.69, 9.17) is 19.2 Å². The van der Waals surface area contributed by atoms with Gasteiger partial charge < -0.3 is 40.0 Å². The molecule has 5 rings (SSSR count). The van der Waals surface area contributed by atoms with E-state index in [1.165, 1.54) is 14.0 Å². The van der Waals surface area contributed by atoms with Gasteiger partial charge in [-0.25, -0.2) is 4.98 Å². The first-order valence-corrected chi connectivity index (χ1v) is 19.7. The van der Waals surface area contributed by atoms with Crippen LogP contribution in [0.2, 0.25) is 0 Å². The summed E-state index contributed by atoms with van der Waals surface area (Å²) in [6.07, 6.45) is 5.50. The standard InChI is InChI=1S/C45H55N3O10/c1-10-29-32(56-9)17-13-16-30(50)35-33(57-11-2)19-18-31(51)36-37(35)38-40(48-21-20-23(3)22-34(48)46-38)39(43(36)54)47-45(55)25(5)15-12-14-24(4)41(52)26(6)42(53)27(7)44(29)58-28(8)49/h12-15,17,20-22,24,26-27,29,32-33,41-42,44,51-54H,10-11,16H2,1-9H3,(H,47,55)/b14-12+,17-13+,25-15-/t24-,26+,27+,29+,32-,33?,41-,42+,44?/m0/s1. The van der Waals surface area contributed by atoms with Crippen molar-refractivity contribution in [2.75, 3.05) is 19.0 Å². The van der Waals surface area contributed by atoms with Gasteiger partial charge in [-0.2, -0.15) is 0 Å². The number of aliphatic hydroxyl groups is 3. The quantitative estimate of drug-likeness (QED) is 0.107. The molecule has 0 radical (unpaired) electrons. The van der Waals surface area contributed by atoms with Crippen molar-refractivity contribution in [1.82, 2.24) is 9.38 Å². The number of Topliss-reactive ketones (excluding diaryl/α,β-unsaturated/α-hetero) is 1. The molecule has 3 aromatic rings. The highest BCUT2D eigenvalue weighted by Gasteiger charge is 2.40. The van der Waals surface area contributed by atoms with E-state index in [1.807, 2.05) is 26.0 Å². The number of ketones is 1. The number of pyridine rings is 1. The van der Waals surface area contributed by atoms with Crippen molar-refractivity contribution in [3.63, 3.8) is 0 Å². The molecule has 1 amide bonds. The van der Waals surface area contributed by atoms with E-state index in [0.29, 0.717) is 12.1 Å². The fraction of sp³-hybridized carbons (Fsp3) is 0.467. The van der Waals surface area contributed by atoms with E-state index in [-0.39, 0.29) is 51.3 Å². The first-order valence-electron chi connectivity index (χ1n) is 19.7. The number of amides is 1. The number of ether oxygens (including phenoxy) is 3. The summed E-state index contributed by atoms with van der Waals surface area (Å²) in [6, 6.07) is 3.65. The Morgan fingerprint density at radius 1 is 1.05 bits per heavy atom. The van der Waals surface area contributed by atoms with Gasteiger partial charge in [0.2, 0.25) is 0 Å². The van der Waals surface area contributed by atoms with Gasteiger partial charge in [-0.15, -0.1) is 0 Å². The fourth-order valence-corrected chi connectivity index (χ4v) is 8.00. The molecule has 13 nitrogen and oxygen atoms in total. The van der Waals surface area contributed by atoms with E-state index in [2.05, 4.69) is 17.2 Å². The molecule has 1 aliphatic carbocycles. The second-order valence-electron chi connectivity index (χ2n) is 15.2. The fourth-order valence-electron chi connectivity index (χ4n) is 8.00. The van der Waals surface area contributed by atoms with Crippen molar-refractivity contribution in [2.24, 2.45) is 23.7 Å². The summed E-state index contributed by atoms with van der Waals surface area (Å²) >= 11 is 0. The van der Waals surface area contributed by atoms with Crippen molar-refractivity contribution in [3.05, 3.63) is 70.3 Å². The summed E-state index contributed by atoms with van der Waals surface area (Å²) in [6.45, 7) is 13.9. The Balaban J connectivity index is 1.83. The number of methoxy groups -OCH3 is 1. The van der Waals surface area contributed by atoms with Crippen LogP contribution in [0.1, 0.15) is 66.9 Å². The minimum Gasteiger partial charge on any atom is -0.505 e. The first kappa shape index (κ1) is 43.9. The Hall–Kier alpha value is -5.26. The van der Waals surface area contributed by atoms with Gasteiger partial charge in [0.05, 0.1) is 23.5 Å². The van der Waals surface area contributed by atoms with Gasteiger partial charge in [0.25, 0.3) is 5.91 Å². The highest BCUT2D eigenvalue weighted by Crippen LogP contribution is 2.34. The van der Waals surface area contributed by atoms with Crippen LogP contribution in [-0.2, 0) is 28.6 Å². The number of esters is 1. The maximum atomic E-state index is 14.6. The van der Waals surface area contributed by atoms with Gasteiger partial charge in [-0.3, -0.25) is 18.8 Å². The van der Waals surface area contributed by atoms with Gasteiger partial charge in [-0.05, 0) is 50.8 Å². The van der Waals surface area contributed by atoms with Gasteiger partial charge in [0.1, 0.15) is 34.6 Å². The number of aromatic hydroxyl groups is 1. The molecule has 2 bridgehead atoms. The number of imidazole rings is 1.